The highest BCUT2D eigenvalue weighted by molar-refractivity contribution is 5.90. The summed E-state index contributed by atoms with van der Waals surface area (Å²) in [7, 11) is 0. The number of hydrogen-bond donors (Lipinski definition) is 0. The zero-order valence-electron chi connectivity index (χ0n) is 12.6. The zero-order chi connectivity index (χ0) is 17.0. The van der Waals surface area contributed by atoms with Crippen LogP contribution in [0.5, 0.6) is 0 Å². The monoisotopic (exact) mass is 334 g/mol. The van der Waals surface area contributed by atoms with Crippen LogP contribution in [0.1, 0.15) is 35.8 Å². The van der Waals surface area contributed by atoms with Crippen molar-refractivity contribution >= 4 is 5.78 Å². The Morgan fingerprint density at radius 2 is 1.00 bits per heavy atom. The van der Waals surface area contributed by atoms with E-state index in [2.05, 4.69) is 0 Å². The lowest BCUT2D eigenvalue weighted by atomic mass is 10.0. The normalized spacial score (nSPS) is 27.8. The van der Waals surface area contributed by atoms with Gasteiger partial charge in [-0.2, -0.15) is 0 Å². The molecular weight excluding hydrogens is 320 g/mol. The SMILES string of the molecule is O=C([C@@H]1C[C@H]1c1cc(F)cc(F)c1)[C@@H]1C[C@H]1c1cc(F)cc(F)c1. The van der Waals surface area contributed by atoms with Crippen LogP contribution in [-0.4, -0.2) is 5.78 Å². The molecule has 0 N–H and O–H groups in total. The molecule has 0 bridgehead atoms. The lowest BCUT2D eigenvalue weighted by Crippen LogP contribution is -2.06. The minimum atomic E-state index is -0.650. The van der Waals surface area contributed by atoms with Crippen LogP contribution < -0.4 is 0 Å². The molecule has 4 atom stereocenters. The maximum absolute atomic E-state index is 13.3. The van der Waals surface area contributed by atoms with Crippen LogP contribution in [0, 0.1) is 35.1 Å². The highest BCUT2D eigenvalue weighted by Gasteiger charge is 2.53. The molecule has 2 aromatic rings. The highest BCUT2D eigenvalue weighted by Crippen LogP contribution is 2.56. The molecule has 0 heterocycles. The number of carbonyl (C=O) groups excluding carboxylic acids is 1. The van der Waals surface area contributed by atoms with E-state index in [0.717, 1.165) is 12.1 Å². The molecule has 0 saturated heterocycles. The van der Waals surface area contributed by atoms with Crippen molar-refractivity contribution in [3.63, 3.8) is 0 Å². The van der Waals surface area contributed by atoms with Crippen LogP contribution in [-0.2, 0) is 4.79 Å². The molecule has 2 aromatic carbocycles. The van der Waals surface area contributed by atoms with Gasteiger partial charge in [-0.05, 0) is 60.1 Å². The Kier molecular flexibility index (Phi) is 3.48. The Hall–Kier alpha value is -2.17. The van der Waals surface area contributed by atoms with Gasteiger partial charge in [-0.25, -0.2) is 17.6 Å². The largest absolute Gasteiger partial charge is 0.299 e. The third-order valence-corrected chi connectivity index (χ3v) is 4.94. The molecule has 1 nitrogen and oxygen atoms in total. The molecule has 0 spiro atoms. The molecule has 4 rings (SSSR count). The molecule has 124 valence electrons. The molecule has 0 aliphatic heterocycles. The Bertz CT molecular complexity index is 724. The third kappa shape index (κ3) is 2.83. The number of Topliss-reactive ketones (excluding diaryl/α,β-unsaturated/α-hetero) is 1. The molecule has 0 unspecified atom stereocenters. The number of rotatable bonds is 4. The van der Waals surface area contributed by atoms with Crippen molar-refractivity contribution in [3.05, 3.63) is 70.8 Å². The van der Waals surface area contributed by atoms with E-state index in [1.165, 1.54) is 24.3 Å². The molecule has 0 radical (unpaired) electrons. The topological polar surface area (TPSA) is 17.1 Å². The average molecular weight is 334 g/mol. The van der Waals surface area contributed by atoms with Gasteiger partial charge in [0, 0.05) is 24.0 Å². The summed E-state index contributed by atoms with van der Waals surface area (Å²) >= 11 is 0. The van der Waals surface area contributed by atoms with Crippen molar-refractivity contribution in [1.29, 1.82) is 0 Å². The number of benzene rings is 2. The maximum Gasteiger partial charge on any atom is 0.140 e. The van der Waals surface area contributed by atoms with E-state index >= 15 is 0 Å². The van der Waals surface area contributed by atoms with Crippen LogP contribution >= 0.6 is 0 Å². The Morgan fingerprint density at radius 1 is 0.667 bits per heavy atom. The molecule has 0 aromatic heterocycles. The van der Waals surface area contributed by atoms with Crippen LogP contribution in [0.15, 0.2) is 36.4 Å². The molecule has 2 aliphatic rings. The molecule has 2 fully saturated rings. The maximum atomic E-state index is 13.3. The van der Waals surface area contributed by atoms with Gasteiger partial charge in [0.1, 0.15) is 29.1 Å². The lowest BCUT2D eigenvalue weighted by molar-refractivity contribution is -0.121. The van der Waals surface area contributed by atoms with Crippen LogP contribution in [0.25, 0.3) is 0 Å². The second kappa shape index (κ2) is 5.43. The summed E-state index contributed by atoms with van der Waals surface area (Å²) in [4.78, 5) is 12.5. The second-order valence-corrected chi connectivity index (χ2v) is 6.71. The van der Waals surface area contributed by atoms with Crippen molar-refractivity contribution in [1.82, 2.24) is 0 Å². The zero-order valence-corrected chi connectivity index (χ0v) is 12.6. The molecule has 2 saturated carbocycles. The van der Waals surface area contributed by atoms with Gasteiger partial charge < -0.3 is 0 Å². The highest BCUT2D eigenvalue weighted by atomic mass is 19.1. The van der Waals surface area contributed by atoms with Crippen LogP contribution in [0.4, 0.5) is 17.6 Å². The molecular formula is C19H14F4O. The van der Waals surface area contributed by atoms with Gasteiger partial charge in [0.2, 0.25) is 0 Å². The first-order valence-electron chi connectivity index (χ1n) is 7.88. The minimum absolute atomic E-state index is 0.0272. The quantitative estimate of drug-likeness (QED) is 0.740. The van der Waals surface area contributed by atoms with Crippen molar-refractivity contribution in [2.75, 3.05) is 0 Å². The summed E-state index contributed by atoms with van der Waals surface area (Å²) in [5.41, 5.74) is 1.000. The van der Waals surface area contributed by atoms with Crippen molar-refractivity contribution in [2.45, 2.75) is 24.7 Å². The van der Waals surface area contributed by atoms with Gasteiger partial charge in [0.15, 0.2) is 0 Å². The van der Waals surface area contributed by atoms with Crippen molar-refractivity contribution in [3.8, 4) is 0 Å². The van der Waals surface area contributed by atoms with Crippen LogP contribution in [0.2, 0.25) is 0 Å². The number of hydrogen-bond acceptors (Lipinski definition) is 1. The van der Waals surface area contributed by atoms with Crippen molar-refractivity contribution in [2.24, 2.45) is 11.8 Å². The van der Waals surface area contributed by atoms with Gasteiger partial charge in [-0.3, -0.25) is 4.79 Å². The van der Waals surface area contributed by atoms with E-state index in [0.29, 0.717) is 24.0 Å². The fourth-order valence-corrected chi connectivity index (χ4v) is 3.61. The summed E-state index contributed by atoms with van der Waals surface area (Å²) in [5, 5.41) is 0. The molecule has 0 amide bonds. The van der Waals surface area contributed by atoms with Gasteiger partial charge in [0.25, 0.3) is 0 Å². The van der Waals surface area contributed by atoms with E-state index in [4.69, 9.17) is 0 Å². The van der Waals surface area contributed by atoms with E-state index in [1.807, 2.05) is 0 Å². The summed E-state index contributed by atoms with van der Waals surface area (Å²) in [6.45, 7) is 0. The van der Waals surface area contributed by atoms with E-state index in [9.17, 15) is 22.4 Å². The predicted molar refractivity (Wildman–Crippen MR) is 79.4 cm³/mol. The van der Waals surface area contributed by atoms with E-state index in [1.54, 1.807) is 0 Å². The standard InChI is InChI=1S/C19H14F4O/c20-11-1-9(2-12(21)5-11)15-7-17(15)19(24)18-8-16(18)10-3-13(22)6-14(23)4-10/h1-6,15-18H,7-8H2/t15-,16-,17+,18+/m0/s1. The molecule has 2 aliphatic carbocycles. The summed E-state index contributed by atoms with van der Waals surface area (Å²) in [6, 6.07) is 6.64. The number of ketones is 1. The Balaban J connectivity index is 1.45. The smallest absolute Gasteiger partial charge is 0.140 e. The second-order valence-electron chi connectivity index (χ2n) is 6.71. The first-order valence-corrected chi connectivity index (χ1v) is 7.88. The molecule has 24 heavy (non-hydrogen) atoms. The van der Waals surface area contributed by atoms with Gasteiger partial charge in [0.05, 0.1) is 0 Å². The number of halogens is 4. The summed E-state index contributed by atoms with van der Waals surface area (Å²) in [5.74, 6) is -3.39. The average Bonchev–Trinajstić information content (AvgIpc) is 3.37. The third-order valence-electron chi connectivity index (χ3n) is 4.94. The first kappa shape index (κ1) is 15.4. The van der Waals surface area contributed by atoms with Gasteiger partial charge in [-0.15, -0.1) is 0 Å². The first-order chi connectivity index (χ1) is 11.4. The molecule has 5 heteroatoms. The minimum Gasteiger partial charge on any atom is -0.299 e. The fourth-order valence-electron chi connectivity index (χ4n) is 3.61. The Labute approximate surface area is 136 Å². The van der Waals surface area contributed by atoms with Gasteiger partial charge in [-0.1, -0.05) is 0 Å². The van der Waals surface area contributed by atoms with E-state index in [-0.39, 0.29) is 29.5 Å². The van der Waals surface area contributed by atoms with E-state index < -0.39 is 23.3 Å². The predicted octanol–water partition coefficient (Wildman–Crippen LogP) is 4.72. The van der Waals surface area contributed by atoms with Crippen molar-refractivity contribution < 1.29 is 22.4 Å². The van der Waals surface area contributed by atoms with Crippen LogP contribution in [0.3, 0.4) is 0 Å². The summed E-state index contributed by atoms with van der Waals surface area (Å²) in [6.07, 6.45) is 1.14. The fraction of sp³-hybridized carbons (Fsp3) is 0.316. The summed E-state index contributed by atoms with van der Waals surface area (Å²) < 4.78 is 53.1. The van der Waals surface area contributed by atoms with Gasteiger partial charge >= 0.3 is 0 Å². The lowest BCUT2D eigenvalue weighted by Gasteiger charge is -2.03. The number of carbonyl (C=O) groups is 1. The Morgan fingerprint density at radius 3 is 1.33 bits per heavy atom.